The lowest BCUT2D eigenvalue weighted by Crippen LogP contribution is -1.96. The van der Waals surface area contributed by atoms with Gasteiger partial charge in [0.2, 0.25) is 8.96 Å². The fourth-order valence-electron chi connectivity index (χ4n) is 0.0745. The first-order valence-corrected chi connectivity index (χ1v) is 4.62. The van der Waals surface area contributed by atoms with E-state index in [-0.39, 0.29) is 0 Å². The normalized spacial score (nSPS) is 13.7. The first kappa shape index (κ1) is 5.82. The second-order valence-corrected chi connectivity index (χ2v) is 4.09. The molecule has 0 aromatic carbocycles. The monoisotopic (exact) mass is 103 g/mol. The SMILES string of the molecule is CC[SiH](C)N=O. The van der Waals surface area contributed by atoms with Gasteiger partial charge >= 0.3 is 0 Å². The van der Waals surface area contributed by atoms with Crippen LogP contribution in [0.4, 0.5) is 0 Å². The summed E-state index contributed by atoms with van der Waals surface area (Å²) in [6.45, 7) is 3.94. The van der Waals surface area contributed by atoms with Crippen LogP contribution in [0, 0.1) is 4.91 Å². The molecule has 0 bridgehead atoms. The van der Waals surface area contributed by atoms with Crippen LogP contribution in [0.1, 0.15) is 6.92 Å². The van der Waals surface area contributed by atoms with E-state index < -0.39 is 8.96 Å². The number of nitroso groups, excluding NO2 is 1. The summed E-state index contributed by atoms with van der Waals surface area (Å²) in [7, 11) is -1.09. The van der Waals surface area contributed by atoms with Crippen molar-refractivity contribution in [2.24, 2.45) is 4.84 Å². The molecule has 0 saturated carbocycles. The average molecular weight is 103 g/mol. The minimum absolute atomic E-state index is 0.990. The lowest BCUT2D eigenvalue weighted by atomic mass is 11.0. The van der Waals surface area contributed by atoms with E-state index in [9.17, 15) is 4.91 Å². The summed E-state index contributed by atoms with van der Waals surface area (Å²) in [5, 5.41) is 0. The Morgan fingerprint density at radius 3 is 2.33 bits per heavy atom. The molecule has 0 aromatic heterocycles. The molecule has 6 heavy (non-hydrogen) atoms. The van der Waals surface area contributed by atoms with Crippen LogP contribution in [0.15, 0.2) is 4.84 Å². The van der Waals surface area contributed by atoms with Crippen molar-refractivity contribution in [3.05, 3.63) is 4.91 Å². The lowest BCUT2D eigenvalue weighted by molar-refractivity contribution is 1.38. The van der Waals surface area contributed by atoms with Crippen LogP contribution >= 0.6 is 0 Å². The van der Waals surface area contributed by atoms with Crippen molar-refractivity contribution in [1.29, 1.82) is 0 Å². The Morgan fingerprint density at radius 1 is 1.83 bits per heavy atom. The summed E-state index contributed by atoms with van der Waals surface area (Å²) < 4.78 is 0. The number of nitrogens with zero attached hydrogens (tertiary/aromatic N) is 1. The van der Waals surface area contributed by atoms with Gasteiger partial charge in [-0.25, -0.2) is 0 Å². The second-order valence-electron chi connectivity index (χ2n) is 1.36. The van der Waals surface area contributed by atoms with Crippen molar-refractivity contribution < 1.29 is 0 Å². The molecule has 1 unspecified atom stereocenters. The second kappa shape index (κ2) is 3.02. The van der Waals surface area contributed by atoms with Crippen LogP contribution in [-0.4, -0.2) is 8.96 Å². The molecule has 0 saturated heterocycles. The lowest BCUT2D eigenvalue weighted by Gasteiger charge is -1.84. The molecule has 3 heteroatoms. The third-order valence-electron chi connectivity index (χ3n) is 0.771. The van der Waals surface area contributed by atoms with Gasteiger partial charge in [-0.2, -0.15) is 4.91 Å². The predicted molar refractivity (Wildman–Crippen MR) is 29.3 cm³/mol. The topological polar surface area (TPSA) is 29.4 Å². The number of hydrogen-bond donors (Lipinski definition) is 0. The van der Waals surface area contributed by atoms with Gasteiger partial charge in [0.1, 0.15) is 0 Å². The molecule has 2 nitrogen and oxygen atoms in total. The zero-order chi connectivity index (χ0) is 4.99. The Kier molecular flexibility index (Phi) is 2.93. The van der Waals surface area contributed by atoms with Crippen molar-refractivity contribution in [2.75, 3.05) is 0 Å². The minimum Gasteiger partial charge on any atom is -0.163 e. The van der Waals surface area contributed by atoms with Gasteiger partial charge in [0.15, 0.2) is 0 Å². The molecule has 0 spiro atoms. The van der Waals surface area contributed by atoms with Gasteiger partial charge in [0, 0.05) is 0 Å². The Bertz CT molecular complexity index is 48.1. The number of rotatable bonds is 2. The maximum absolute atomic E-state index is 9.55. The van der Waals surface area contributed by atoms with Crippen molar-refractivity contribution in [1.82, 2.24) is 0 Å². The summed E-state index contributed by atoms with van der Waals surface area (Å²) in [5.74, 6) is 0. The van der Waals surface area contributed by atoms with E-state index >= 15 is 0 Å². The summed E-state index contributed by atoms with van der Waals surface area (Å²) in [6, 6.07) is 0.990. The highest BCUT2D eigenvalue weighted by Gasteiger charge is 1.94. The van der Waals surface area contributed by atoms with E-state index in [4.69, 9.17) is 0 Å². The molecule has 0 aliphatic carbocycles. The molecular formula is C3H9NOSi. The van der Waals surface area contributed by atoms with Gasteiger partial charge in [-0.3, -0.25) is 0 Å². The molecule has 0 heterocycles. The Hall–Kier alpha value is -0.183. The van der Waals surface area contributed by atoms with Gasteiger partial charge < -0.3 is 0 Å². The van der Waals surface area contributed by atoms with Crippen LogP contribution in [0.3, 0.4) is 0 Å². The third-order valence-corrected chi connectivity index (χ3v) is 2.31. The largest absolute Gasteiger partial charge is 0.219 e. The van der Waals surface area contributed by atoms with Crippen molar-refractivity contribution in [3.8, 4) is 0 Å². The van der Waals surface area contributed by atoms with Crippen molar-refractivity contribution >= 4 is 8.96 Å². The van der Waals surface area contributed by atoms with Crippen LogP contribution in [0.5, 0.6) is 0 Å². The maximum atomic E-state index is 9.55. The summed E-state index contributed by atoms with van der Waals surface area (Å²) in [5.41, 5.74) is 0. The van der Waals surface area contributed by atoms with Gasteiger partial charge in [0.25, 0.3) is 0 Å². The Morgan fingerprint density at radius 2 is 2.33 bits per heavy atom. The standard InChI is InChI=1S/C3H9NOSi/c1-3-6(2)4-5/h6H,3H2,1-2H3. The van der Waals surface area contributed by atoms with Crippen LogP contribution in [0.25, 0.3) is 0 Å². The molecule has 0 aliphatic rings. The third kappa shape index (κ3) is 2.08. The van der Waals surface area contributed by atoms with E-state index in [2.05, 4.69) is 4.84 Å². The Balaban J connectivity index is 2.96. The summed E-state index contributed by atoms with van der Waals surface area (Å²) in [4.78, 5) is 12.4. The fourth-order valence-corrected chi connectivity index (χ4v) is 0.224. The van der Waals surface area contributed by atoms with Gasteiger partial charge in [-0.05, 0) is 12.6 Å². The quantitative estimate of drug-likeness (QED) is 0.380. The minimum atomic E-state index is -1.09. The predicted octanol–water partition coefficient (Wildman–Crippen LogP) is 1.13. The van der Waals surface area contributed by atoms with Crippen LogP contribution < -0.4 is 0 Å². The zero-order valence-electron chi connectivity index (χ0n) is 4.14. The van der Waals surface area contributed by atoms with E-state index in [1.54, 1.807) is 0 Å². The molecule has 0 N–H and O–H groups in total. The first-order chi connectivity index (χ1) is 2.81. The molecule has 0 rings (SSSR count). The highest BCUT2D eigenvalue weighted by molar-refractivity contribution is 6.54. The van der Waals surface area contributed by atoms with E-state index in [1.165, 1.54) is 0 Å². The van der Waals surface area contributed by atoms with Crippen molar-refractivity contribution in [3.63, 3.8) is 0 Å². The van der Waals surface area contributed by atoms with E-state index in [0.29, 0.717) is 0 Å². The number of hydrogen-bond acceptors (Lipinski definition) is 2. The van der Waals surface area contributed by atoms with E-state index in [1.807, 2.05) is 13.5 Å². The van der Waals surface area contributed by atoms with Crippen LogP contribution in [0.2, 0.25) is 12.6 Å². The average Bonchev–Trinajstić information content (AvgIpc) is 1.65. The zero-order valence-corrected chi connectivity index (χ0v) is 5.29. The van der Waals surface area contributed by atoms with Crippen molar-refractivity contribution in [2.45, 2.75) is 19.5 Å². The highest BCUT2D eigenvalue weighted by Crippen LogP contribution is 1.87. The molecule has 0 fully saturated rings. The fraction of sp³-hybridized carbons (Fsp3) is 1.00. The molecular weight excluding hydrogens is 94.1 g/mol. The first-order valence-electron chi connectivity index (χ1n) is 2.13. The van der Waals surface area contributed by atoms with Gasteiger partial charge in [-0.15, -0.1) is 4.84 Å². The maximum Gasteiger partial charge on any atom is 0.219 e. The smallest absolute Gasteiger partial charge is 0.163 e. The molecule has 0 radical (unpaired) electrons. The van der Waals surface area contributed by atoms with Gasteiger partial charge in [-0.1, -0.05) is 6.92 Å². The Labute approximate surface area is 39.2 Å². The summed E-state index contributed by atoms with van der Waals surface area (Å²) in [6.07, 6.45) is 0. The molecule has 0 amide bonds. The molecule has 0 aliphatic heterocycles. The van der Waals surface area contributed by atoms with E-state index in [0.717, 1.165) is 6.04 Å². The van der Waals surface area contributed by atoms with Gasteiger partial charge in [0.05, 0.1) is 0 Å². The highest BCUT2D eigenvalue weighted by atomic mass is 28.3. The van der Waals surface area contributed by atoms with Crippen LogP contribution in [-0.2, 0) is 0 Å². The molecule has 36 valence electrons. The summed E-state index contributed by atoms with van der Waals surface area (Å²) >= 11 is 0. The molecule has 1 atom stereocenters. The molecule has 0 aromatic rings.